The third-order valence-electron chi connectivity index (χ3n) is 3.79. The van der Waals surface area contributed by atoms with E-state index >= 15 is 0 Å². The van der Waals surface area contributed by atoms with Crippen LogP contribution < -0.4 is 10.1 Å². The molecule has 2 aromatic rings. The molecule has 2 aromatic carbocycles. The van der Waals surface area contributed by atoms with E-state index in [1.807, 2.05) is 18.2 Å². The van der Waals surface area contributed by atoms with Crippen LogP contribution in [0.25, 0.3) is 0 Å². The molecule has 0 bridgehead atoms. The lowest BCUT2D eigenvalue weighted by molar-refractivity contribution is -0.130. The van der Waals surface area contributed by atoms with Crippen molar-refractivity contribution in [2.75, 3.05) is 7.11 Å². The summed E-state index contributed by atoms with van der Waals surface area (Å²) in [5.74, 6) is -0.295. The van der Waals surface area contributed by atoms with Crippen LogP contribution >= 0.6 is 0 Å². The van der Waals surface area contributed by atoms with E-state index < -0.39 is 12.1 Å². The van der Waals surface area contributed by atoms with E-state index in [0.717, 1.165) is 12.8 Å². The lowest BCUT2D eigenvalue weighted by Gasteiger charge is -2.18. The number of carbonyl (C=O) groups excluding carboxylic acids is 2. The topological polar surface area (TPSA) is 64.6 Å². The van der Waals surface area contributed by atoms with Crippen molar-refractivity contribution >= 4 is 11.9 Å². The summed E-state index contributed by atoms with van der Waals surface area (Å²) in [6, 6.07) is 15.9. The van der Waals surface area contributed by atoms with Crippen molar-refractivity contribution in [1.29, 1.82) is 0 Å². The first-order valence-electron chi connectivity index (χ1n) is 7.88. The van der Waals surface area contributed by atoms with Gasteiger partial charge < -0.3 is 14.8 Å². The Morgan fingerprint density at radius 1 is 1.08 bits per heavy atom. The lowest BCUT2D eigenvalue weighted by Crippen LogP contribution is -2.33. The summed E-state index contributed by atoms with van der Waals surface area (Å²) in [4.78, 5) is 24.9. The fourth-order valence-electron chi connectivity index (χ4n) is 2.33. The van der Waals surface area contributed by atoms with Gasteiger partial charge in [0, 0.05) is 11.6 Å². The van der Waals surface area contributed by atoms with Crippen molar-refractivity contribution in [2.24, 2.45) is 0 Å². The molecule has 24 heavy (non-hydrogen) atoms. The Kier molecular flexibility index (Phi) is 4.79. The number of nitrogens with one attached hydrogen (secondary N) is 1. The van der Waals surface area contributed by atoms with Gasteiger partial charge in [-0.05, 0) is 31.0 Å². The number of carbonyl (C=O) groups is 2. The minimum Gasteiger partial charge on any atom is -0.497 e. The van der Waals surface area contributed by atoms with Gasteiger partial charge in [0.15, 0.2) is 0 Å². The van der Waals surface area contributed by atoms with Gasteiger partial charge >= 0.3 is 5.97 Å². The molecule has 1 unspecified atom stereocenters. The van der Waals surface area contributed by atoms with Gasteiger partial charge in [0.05, 0.1) is 12.7 Å². The molecule has 0 heterocycles. The Morgan fingerprint density at radius 3 is 2.50 bits per heavy atom. The quantitative estimate of drug-likeness (QED) is 0.830. The van der Waals surface area contributed by atoms with E-state index in [2.05, 4.69) is 5.32 Å². The fraction of sp³-hybridized carbons (Fsp3) is 0.263. The molecule has 1 saturated carbocycles. The summed E-state index contributed by atoms with van der Waals surface area (Å²) in [5, 5.41) is 2.89. The van der Waals surface area contributed by atoms with Crippen LogP contribution in [0.4, 0.5) is 0 Å². The first kappa shape index (κ1) is 16.1. The SMILES string of the molecule is COc1cccc(C(=O)OC(C(=O)NC2CC2)c2ccccc2)c1. The van der Waals surface area contributed by atoms with Gasteiger partial charge in [-0.25, -0.2) is 4.79 Å². The summed E-state index contributed by atoms with van der Waals surface area (Å²) >= 11 is 0. The zero-order valence-corrected chi connectivity index (χ0v) is 13.4. The molecule has 0 aromatic heterocycles. The number of methoxy groups -OCH3 is 1. The Morgan fingerprint density at radius 2 is 1.83 bits per heavy atom. The largest absolute Gasteiger partial charge is 0.497 e. The number of benzene rings is 2. The predicted octanol–water partition coefficient (Wildman–Crippen LogP) is 2.87. The van der Waals surface area contributed by atoms with Crippen molar-refractivity contribution in [3.05, 3.63) is 65.7 Å². The van der Waals surface area contributed by atoms with Gasteiger partial charge in [-0.2, -0.15) is 0 Å². The van der Waals surface area contributed by atoms with E-state index in [1.165, 1.54) is 7.11 Å². The van der Waals surface area contributed by atoms with E-state index in [0.29, 0.717) is 16.9 Å². The molecule has 0 spiro atoms. The number of hydrogen-bond donors (Lipinski definition) is 1. The third-order valence-corrected chi connectivity index (χ3v) is 3.79. The van der Waals surface area contributed by atoms with Gasteiger partial charge in [0.1, 0.15) is 5.75 Å². The van der Waals surface area contributed by atoms with Crippen molar-refractivity contribution in [1.82, 2.24) is 5.32 Å². The molecule has 1 aliphatic carbocycles. The van der Waals surface area contributed by atoms with Crippen LogP contribution in [0.3, 0.4) is 0 Å². The maximum Gasteiger partial charge on any atom is 0.339 e. The number of hydrogen-bond acceptors (Lipinski definition) is 4. The highest BCUT2D eigenvalue weighted by molar-refractivity contribution is 5.93. The summed E-state index contributed by atoms with van der Waals surface area (Å²) in [7, 11) is 1.53. The van der Waals surface area contributed by atoms with Crippen molar-refractivity contribution in [3.63, 3.8) is 0 Å². The second-order valence-electron chi connectivity index (χ2n) is 5.71. The smallest absolute Gasteiger partial charge is 0.339 e. The van der Waals surface area contributed by atoms with Crippen molar-refractivity contribution < 1.29 is 19.1 Å². The molecule has 1 aliphatic rings. The van der Waals surface area contributed by atoms with Crippen LogP contribution in [-0.2, 0) is 9.53 Å². The molecule has 1 fully saturated rings. The van der Waals surface area contributed by atoms with E-state index in [-0.39, 0.29) is 11.9 Å². The molecule has 3 rings (SSSR count). The highest BCUT2D eigenvalue weighted by atomic mass is 16.5. The highest BCUT2D eigenvalue weighted by Gasteiger charge is 2.31. The number of esters is 1. The molecule has 1 atom stereocenters. The Labute approximate surface area is 140 Å². The standard InChI is InChI=1S/C19H19NO4/c1-23-16-9-5-8-14(12-16)19(22)24-17(13-6-3-2-4-7-13)18(21)20-15-10-11-15/h2-9,12,15,17H,10-11H2,1H3,(H,20,21). The zero-order chi connectivity index (χ0) is 16.9. The molecule has 0 radical (unpaired) electrons. The van der Waals surface area contributed by atoms with Crippen LogP contribution in [0.2, 0.25) is 0 Å². The Hall–Kier alpha value is -2.82. The maximum atomic E-state index is 12.5. The second-order valence-corrected chi connectivity index (χ2v) is 5.71. The van der Waals surface area contributed by atoms with Crippen molar-refractivity contribution in [2.45, 2.75) is 25.0 Å². The molecule has 5 heteroatoms. The second kappa shape index (κ2) is 7.17. The van der Waals surface area contributed by atoms with Crippen molar-refractivity contribution in [3.8, 4) is 5.75 Å². The monoisotopic (exact) mass is 325 g/mol. The normalized spacial score (nSPS) is 14.5. The van der Waals surface area contributed by atoms with Crippen LogP contribution in [0.5, 0.6) is 5.75 Å². The van der Waals surface area contributed by atoms with Crippen LogP contribution in [0.1, 0.15) is 34.9 Å². The first-order chi connectivity index (χ1) is 11.7. The number of ether oxygens (including phenoxy) is 2. The van der Waals surface area contributed by atoms with Crippen LogP contribution in [0.15, 0.2) is 54.6 Å². The fourth-order valence-corrected chi connectivity index (χ4v) is 2.33. The molecule has 0 saturated heterocycles. The molecular formula is C19H19NO4. The molecular weight excluding hydrogens is 306 g/mol. The number of rotatable bonds is 6. The van der Waals surface area contributed by atoms with E-state index in [4.69, 9.17) is 9.47 Å². The third kappa shape index (κ3) is 3.93. The lowest BCUT2D eigenvalue weighted by atomic mass is 10.1. The zero-order valence-electron chi connectivity index (χ0n) is 13.4. The van der Waals surface area contributed by atoms with Gasteiger partial charge in [0.25, 0.3) is 5.91 Å². The molecule has 0 aliphatic heterocycles. The van der Waals surface area contributed by atoms with Gasteiger partial charge in [-0.1, -0.05) is 36.4 Å². The minimum absolute atomic E-state index is 0.194. The highest BCUT2D eigenvalue weighted by Crippen LogP contribution is 2.24. The molecule has 1 N–H and O–H groups in total. The molecule has 124 valence electrons. The van der Waals surface area contributed by atoms with Gasteiger partial charge in [-0.15, -0.1) is 0 Å². The first-order valence-corrected chi connectivity index (χ1v) is 7.88. The minimum atomic E-state index is -0.967. The van der Waals surface area contributed by atoms with Gasteiger partial charge in [0.2, 0.25) is 6.10 Å². The average Bonchev–Trinajstić information content (AvgIpc) is 3.44. The Bertz CT molecular complexity index is 725. The Balaban J connectivity index is 1.79. The predicted molar refractivity (Wildman–Crippen MR) is 88.8 cm³/mol. The summed E-state index contributed by atoms with van der Waals surface area (Å²) in [6.07, 6.45) is 0.972. The summed E-state index contributed by atoms with van der Waals surface area (Å²) in [6.45, 7) is 0. The summed E-state index contributed by atoms with van der Waals surface area (Å²) < 4.78 is 10.6. The molecule has 1 amide bonds. The van der Waals surface area contributed by atoms with Gasteiger partial charge in [-0.3, -0.25) is 4.79 Å². The number of amides is 1. The van der Waals surface area contributed by atoms with E-state index in [9.17, 15) is 9.59 Å². The van der Waals surface area contributed by atoms with Crippen LogP contribution in [-0.4, -0.2) is 25.0 Å². The maximum absolute atomic E-state index is 12.5. The van der Waals surface area contributed by atoms with E-state index in [1.54, 1.807) is 36.4 Å². The molecule has 5 nitrogen and oxygen atoms in total. The average molecular weight is 325 g/mol. The van der Waals surface area contributed by atoms with Crippen LogP contribution in [0, 0.1) is 0 Å². The summed E-state index contributed by atoms with van der Waals surface area (Å²) in [5.41, 5.74) is 0.987.